The van der Waals surface area contributed by atoms with Gasteiger partial charge in [0.05, 0.1) is 11.6 Å². The molecule has 3 rings (SSSR count). The number of amides is 1. The van der Waals surface area contributed by atoms with Gasteiger partial charge in [-0.1, -0.05) is 30.3 Å². The van der Waals surface area contributed by atoms with Crippen molar-refractivity contribution in [1.82, 2.24) is 10.2 Å². The number of carbonyl (C=O) groups is 1. The first kappa shape index (κ1) is 18.0. The van der Waals surface area contributed by atoms with Gasteiger partial charge in [0, 0.05) is 25.7 Å². The predicted octanol–water partition coefficient (Wildman–Crippen LogP) is 2.72. The first-order chi connectivity index (χ1) is 12.6. The molecule has 1 fully saturated rings. The average Bonchev–Trinajstić information content (AvgIpc) is 3.10. The van der Waals surface area contributed by atoms with Gasteiger partial charge in [0.25, 0.3) is 5.91 Å². The summed E-state index contributed by atoms with van der Waals surface area (Å²) in [5.74, 6) is 0.477. The minimum atomic E-state index is -0.578. The summed E-state index contributed by atoms with van der Waals surface area (Å²) in [7, 11) is 0. The third kappa shape index (κ3) is 4.84. The van der Waals surface area contributed by atoms with Gasteiger partial charge in [-0.05, 0) is 43.2 Å². The van der Waals surface area contributed by atoms with E-state index in [9.17, 15) is 4.79 Å². The van der Waals surface area contributed by atoms with Crippen LogP contribution in [0.4, 0.5) is 0 Å². The number of likely N-dealkylation sites (tertiary alicyclic amines) is 1. The Morgan fingerprint density at radius 3 is 2.69 bits per heavy atom. The maximum atomic E-state index is 12.4. The Morgan fingerprint density at radius 1 is 1.27 bits per heavy atom. The molecule has 5 heteroatoms. The highest BCUT2D eigenvalue weighted by Crippen LogP contribution is 2.16. The Labute approximate surface area is 154 Å². The fourth-order valence-electron chi connectivity index (χ4n) is 3.12. The third-order valence-electron chi connectivity index (χ3n) is 4.53. The fourth-order valence-corrected chi connectivity index (χ4v) is 3.12. The second-order valence-corrected chi connectivity index (χ2v) is 6.61. The summed E-state index contributed by atoms with van der Waals surface area (Å²) in [5.41, 5.74) is 1.86. The minimum absolute atomic E-state index is 0.110. The zero-order valence-electron chi connectivity index (χ0n) is 14.9. The van der Waals surface area contributed by atoms with Crippen molar-refractivity contribution in [2.24, 2.45) is 0 Å². The molecule has 0 aliphatic carbocycles. The molecule has 1 heterocycles. The van der Waals surface area contributed by atoms with Crippen LogP contribution in [-0.4, -0.2) is 36.0 Å². The largest absolute Gasteiger partial charge is 0.481 e. The summed E-state index contributed by atoms with van der Waals surface area (Å²) in [6, 6.07) is 19.4. The normalized spacial score (nSPS) is 18.1. The van der Waals surface area contributed by atoms with E-state index in [1.165, 1.54) is 5.56 Å². The number of benzene rings is 2. The van der Waals surface area contributed by atoms with E-state index in [-0.39, 0.29) is 11.9 Å². The highest BCUT2D eigenvalue weighted by molar-refractivity contribution is 5.81. The molecule has 0 spiro atoms. The fraction of sp³-hybridized carbons (Fsp3) is 0.333. The second kappa shape index (κ2) is 8.50. The van der Waals surface area contributed by atoms with Gasteiger partial charge < -0.3 is 10.1 Å². The van der Waals surface area contributed by atoms with Gasteiger partial charge in [-0.25, -0.2) is 0 Å². The monoisotopic (exact) mass is 349 g/mol. The highest BCUT2D eigenvalue weighted by Gasteiger charge is 2.26. The number of rotatable bonds is 6. The van der Waals surface area contributed by atoms with Gasteiger partial charge >= 0.3 is 0 Å². The van der Waals surface area contributed by atoms with Crippen molar-refractivity contribution in [3.8, 4) is 11.8 Å². The summed E-state index contributed by atoms with van der Waals surface area (Å²) in [4.78, 5) is 14.7. The number of nitrogens with one attached hydrogen (secondary N) is 1. The number of nitrogens with zero attached hydrogens (tertiary/aromatic N) is 2. The summed E-state index contributed by atoms with van der Waals surface area (Å²) >= 11 is 0. The molecule has 2 atom stereocenters. The van der Waals surface area contributed by atoms with Crippen molar-refractivity contribution in [1.29, 1.82) is 5.26 Å². The van der Waals surface area contributed by atoms with Crippen LogP contribution in [0.2, 0.25) is 0 Å². The van der Waals surface area contributed by atoms with Crippen molar-refractivity contribution in [3.05, 3.63) is 65.7 Å². The summed E-state index contributed by atoms with van der Waals surface area (Å²) in [6.07, 6.45) is 0.369. The molecule has 2 aromatic carbocycles. The molecule has 1 saturated heterocycles. The van der Waals surface area contributed by atoms with Gasteiger partial charge in [0.1, 0.15) is 5.75 Å². The van der Waals surface area contributed by atoms with E-state index < -0.39 is 6.10 Å². The lowest BCUT2D eigenvalue weighted by Gasteiger charge is -2.19. The number of ether oxygens (including phenoxy) is 1. The second-order valence-electron chi connectivity index (χ2n) is 6.61. The van der Waals surface area contributed by atoms with Crippen molar-refractivity contribution in [2.45, 2.75) is 32.0 Å². The Balaban J connectivity index is 1.46. The molecule has 1 N–H and O–H groups in total. The zero-order valence-corrected chi connectivity index (χ0v) is 14.9. The third-order valence-corrected chi connectivity index (χ3v) is 4.53. The van der Waals surface area contributed by atoms with Crippen LogP contribution >= 0.6 is 0 Å². The van der Waals surface area contributed by atoms with Crippen LogP contribution in [0.3, 0.4) is 0 Å². The van der Waals surface area contributed by atoms with Crippen LogP contribution in [0.25, 0.3) is 0 Å². The molecule has 1 amide bonds. The summed E-state index contributed by atoms with van der Waals surface area (Å²) in [6.45, 7) is 4.48. The number of nitriles is 1. The molecule has 2 unspecified atom stereocenters. The standard InChI is InChI=1S/C21H23N3O2/c1-16(26-20-9-7-17(13-22)8-10-20)21(25)23-19-11-12-24(15-19)14-18-5-3-2-4-6-18/h2-10,16,19H,11-12,14-15H2,1H3,(H,23,25). The molecule has 2 aromatic rings. The van der Waals surface area contributed by atoms with Crippen LogP contribution < -0.4 is 10.1 Å². The Bertz CT molecular complexity index is 768. The Kier molecular flexibility index (Phi) is 5.88. The lowest BCUT2D eigenvalue weighted by Crippen LogP contribution is -2.43. The van der Waals surface area contributed by atoms with Gasteiger partial charge in [0.2, 0.25) is 0 Å². The molecule has 26 heavy (non-hydrogen) atoms. The van der Waals surface area contributed by atoms with Gasteiger partial charge in [-0.15, -0.1) is 0 Å². The van der Waals surface area contributed by atoms with Crippen LogP contribution in [0.5, 0.6) is 5.75 Å². The van der Waals surface area contributed by atoms with Crippen LogP contribution in [0.1, 0.15) is 24.5 Å². The van der Waals surface area contributed by atoms with Crippen LogP contribution in [0, 0.1) is 11.3 Å². The first-order valence-electron chi connectivity index (χ1n) is 8.87. The van der Waals surface area contributed by atoms with E-state index in [1.54, 1.807) is 31.2 Å². The molecular formula is C21H23N3O2. The van der Waals surface area contributed by atoms with E-state index in [0.717, 1.165) is 26.1 Å². The molecule has 0 saturated carbocycles. The van der Waals surface area contributed by atoms with E-state index in [0.29, 0.717) is 11.3 Å². The lowest BCUT2D eigenvalue weighted by atomic mass is 10.2. The maximum Gasteiger partial charge on any atom is 0.261 e. The van der Waals surface area contributed by atoms with Gasteiger partial charge in [-0.2, -0.15) is 5.26 Å². The lowest BCUT2D eigenvalue weighted by molar-refractivity contribution is -0.127. The quantitative estimate of drug-likeness (QED) is 0.871. The molecule has 5 nitrogen and oxygen atoms in total. The van der Waals surface area contributed by atoms with E-state index >= 15 is 0 Å². The molecule has 0 radical (unpaired) electrons. The predicted molar refractivity (Wildman–Crippen MR) is 99.5 cm³/mol. The summed E-state index contributed by atoms with van der Waals surface area (Å²) in [5, 5.41) is 11.9. The first-order valence-corrected chi connectivity index (χ1v) is 8.87. The molecule has 134 valence electrons. The topological polar surface area (TPSA) is 65.4 Å². The van der Waals surface area contributed by atoms with Crippen molar-refractivity contribution in [3.63, 3.8) is 0 Å². The minimum Gasteiger partial charge on any atom is -0.481 e. The van der Waals surface area contributed by atoms with Crippen molar-refractivity contribution in [2.75, 3.05) is 13.1 Å². The number of hydrogen-bond donors (Lipinski definition) is 1. The van der Waals surface area contributed by atoms with Gasteiger partial charge in [-0.3, -0.25) is 9.69 Å². The molecule has 0 bridgehead atoms. The molecule has 0 aromatic heterocycles. The Hall–Kier alpha value is -2.84. The van der Waals surface area contributed by atoms with E-state index in [4.69, 9.17) is 10.00 Å². The van der Waals surface area contributed by atoms with Crippen molar-refractivity contribution < 1.29 is 9.53 Å². The smallest absolute Gasteiger partial charge is 0.261 e. The zero-order chi connectivity index (χ0) is 18.4. The summed E-state index contributed by atoms with van der Waals surface area (Å²) < 4.78 is 5.67. The van der Waals surface area contributed by atoms with Crippen LogP contribution in [-0.2, 0) is 11.3 Å². The van der Waals surface area contributed by atoms with E-state index in [1.807, 2.05) is 18.2 Å². The number of hydrogen-bond acceptors (Lipinski definition) is 4. The molecule has 1 aliphatic rings. The average molecular weight is 349 g/mol. The number of carbonyl (C=O) groups excluding carboxylic acids is 1. The van der Waals surface area contributed by atoms with Crippen LogP contribution in [0.15, 0.2) is 54.6 Å². The molecule has 1 aliphatic heterocycles. The molecular weight excluding hydrogens is 326 g/mol. The SMILES string of the molecule is CC(Oc1ccc(C#N)cc1)C(=O)NC1CCN(Cc2ccccc2)C1. The van der Waals surface area contributed by atoms with E-state index in [2.05, 4.69) is 28.4 Å². The van der Waals surface area contributed by atoms with Crippen molar-refractivity contribution >= 4 is 5.91 Å². The van der Waals surface area contributed by atoms with Gasteiger partial charge in [0.15, 0.2) is 6.10 Å². The highest BCUT2D eigenvalue weighted by atomic mass is 16.5. The maximum absolute atomic E-state index is 12.4. The Morgan fingerprint density at radius 2 is 2.00 bits per heavy atom.